The lowest BCUT2D eigenvalue weighted by atomic mass is 9.87. The fraction of sp³-hybridized carbons (Fsp3) is 0.360. The number of anilines is 1. The van der Waals surface area contributed by atoms with Gasteiger partial charge in [0.25, 0.3) is 0 Å². The molecule has 0 aliphatic rings. The molecular weight excluding hydrogens is 466 g/mol. The molecule has 0 saturated heterocycles. The number of aromatic nitrogens is 4. The number of thioether (sulfide) groups is 1. The van der Waals surface area contributed by atoms with Crippen LogP contribution in [0.15, 0.2) is 57.6 Å². The molecule has 9 heteroatoms. The number of thiazole rings is 1. The molecule has 0 spiro atoms. The third-order valence-electron chi connectivity index (χ3n) is 5.44. The van der Waals surface area contributed by atoms with Crippen molar-refractivity contribution in [3.05, 3.63) is 65.1 Å². The smallest absolute Gasteiger partial charge is 0.225 e. The molecule has 3 aromatic heterocycles. The second kappa shape index (κ2) is 10.1. The number of furan rings is 1. The van der Waals surface area contributed by atoms with Crippen LogP contribution in [0.25, 0.3) is 11.4 Å². The summed E-state index contributed by atoms with van der Waals surface area (Å²) in [7, 11) is 0. The summed E-state index contributed by atoms with van der Waals surface area (Å²) in [4.78, 5) is 18.2. The highest BCUT2D eigenvalue weighted by Crippen LogP contribution is 2.31. The van der Waals surface area contributed by atoms with Crippen molar-refractivity contribution in [3.8, 4) is 11.4 Å². The Morgan fingerprint density at radius 2 is 1.94 bits per heavy atom. The molecule has 0 radical (unpaired) electrons. The van der Waals surface area contributed by atoms with Crippen molar-refractivity contribution in [2.24, 2.45) is 0 Å². The van der Waals surface area contributed by atoms with Gasteiger partial charge in [0, 0.05) is 30.2 Å². The van der Waals surface area contributed by atoms with Crippen LogP contribution in [0.2, 0.25) is 0 Å². The van der Waals surface area contributed by atoms with Crippen molar-refractivity contribution in [3.63, 3.8) is 0 Å². The normalized spacial score (nSPS) is 11.7. The van der Waals surface area contributed by atoms with Gasteiger partial charge < -0.3 is 4.42 Å². The summed E-state index contributed by atoms with van der Waals surface area (Å²) in [6.07, 6.45) is 1.68. The minimum atomic E-state index is -0.00337. The van der Waals surface area contributed by atoms with Crippen molar-refractivity contribution in [2.75, 3.05) is 11.4 Å². The molecule has 0 saturated carbocycles. The quantitative estimate of drug-likeness (QED) is 0.279. The van der Waals surface area contributed by atoms with Gasteiger partial charge in [-0.2, -0.15) is 0 Å². The molecule has 0 N–H and O–H groups in total. The summed E-state index contributed by atoms with van der Waals surface area (Å²) in [6, 6.07) is 12.3. The Morgan fingerprint density at radius 1 is 1.18 bits per heavy atom. The van der Waals surface area contributed by atoms with E-state index >= 15 is 0 Å². The van der Waals surface area contributed by atoms with Crippen LogP contribution in [-0.4, -0.2) is 32.2 Å². The topological polar surface area (TPSA) is 77.1 Å². The number of carbonyl (C=O) groups is 1. The predicted molar refractivity (Wildman–Crippen MR) is 137 cm³/mol. The lowest BCUT2D eigenvalue weighted by molar-refractivity contribution is -0.116. The van der Waals surface area contributed by atoms with Crippen LogP contribution in [0.1, 0.15) is 51.6 Å². The van der Waals surface area contributed by atoms with Crippen LogP contribution in [0, 0.1) is 0 Å². The van der Waals surface area contributed by atoms with E-state index in [0.29, 0.717) is 18.8 Å². The molecule has 4 rings (SSSR count). The number of carbonyl (C=O) groups excluding carboxylic acids is 1. The number of benzene rings is 1. The van der Waals surface area contributed by atoms with Crippen LogP contribution in [0.4, 0.5) is 5.13 Å². The lowest BCUT2D eigenvalue weighted by Gasteiger charge is -2.19. The van der Waals surface area contributed by atoms with E-state index < -0.39 is 0 Å². The monoisotopic (exact) mass is 495 g/mol. The maximum absolute atomic E-state index is 11.8. The average Bonchev–Trinajstić information content (AvgIpc) is 3.54. The van der Waals surface area contributed by atoms with Crippen molar-refractivity contribution in [1.29, 1.82) is 0 Å². The zero-order valence-electron chi connectivity index (χ0n) is 20.1. The first kappa shape index (κ1) is 24.2. The Kier molecular flexibility index (Phi) is 7.23. The van der Waals surface area contributed by atoms with E-state index in [-0.39, 0.29) is 11.3 Å². The lowest BCUT2D eigenvalue weighted by Crippen LogP contribution is -2.27. The van der Waals surface area contributed by atoms with Crippen LogP contribution < -0.4 is 4.90 Å². The second-order valence-corrected chi connectivity index (χ2v) is 10.8. The number of nitrogens with zero attached hydrogens (tertiary/aromatic N) is 5. The van der Waals surface area contributed by atoms with E-state index in [1.165, 1.54) is 16.9 Å². The summed E-state index contributed by atoms with van der Waals surface area (Å²) in [6.45, 7) is 11.3. The van der Waals surface area contributed by atoms with Gasteiger partial charge in [-0.25, -0.2) is 4.98 Å². The minimum Gasteiger partial charge on any atom is -0.467 e. The van der Waals surface area contributed by atoms with E-state index in [1.54, 1.807) is 29.8 Å². The molecule has 1 aromatic carbocycles. The molecule has 0 fully saturated rings. The fourth-order valence-electron chi connectivity index (χ4n) is 3.55. The average molecular weight is 496 g/mol. The highest BCUT2D eigenvalue weighted by atomic mass is 32.2. The standard InChI is InChI=1S/C25H29N5O2S2/c1-6-29(17(2)31)23-26-20(15-33-23)16-34-24-28-27-22(30(24)14-21-8-7-13-32-21)18-9-11-19(12-10-18)25(3,4)5/h7-13,15H,6,14,16H2,1-5H3. The Bertz CT molecular complexity index is 1240. The molecule has 7 nitrogen and oxygen atoms in total. The first-order chi connectivity index (χ1) is 16.3. The van der Waals surface area contributed by atoms with Gasteiger partial charge in [0.1, 0.15) is 5.76 Å². The van der Waals surface area contributed by atoms with Crippen molar-refractivity contribution in [2.45, 2.75) is 57.5 Å². The van der Waals surface area contributed by atoms with Gasteiger partial charge in [0.05, 0.1) is 18.5 Å². The maximum Gasteiger partial charge on any atom is 0.225 e. The molecule has 0 aliphatic heterocycles. The summed E-state index contributed by atoms with van der Waals surface area (Å²) in [5.74, 6) is 2.26. The van der Waals surface area contributed by atoms with Gasteiger partial charge in [0.15, 0.2) is 16.1 Å². The van der Waals surface area contributed by atoms with Crippen LogP contribution in [0.5, 0.6) is 0 Å². The number of amides is 1. The second-order valence-electron chi connectivity index (χ2n) is 8.97. The Morgan fingerprint density at radius 3 is 2.56 bits per heavy atom. The molecule has 4 aromatic rings. The predicted octanol–water partition coefficient (Wildman–Crippen LogP) is 6.01. The molecule has 0 aliphatic carbocycles. The molecule has 0 atom stereocenters. The SMILES string of the molecule is CCN(C(C)=O)c1nc(CSc2nnc(-c3ccc(C(C)(C)C)cc3)n2Cc2ccco2)cs1. The zero-order valence-corrected chi connectivity index (χ0v) is 21.7. The summed E-state index contributed by atoms with van der Waals surface area (Å²) in [5.41, 5.74) is 3.28. The fourth-order valence-corrected chi connectivity index (χ4v) is 5.42. The third kappa shape index (κ3) is 5.42. The van der Waals surface area contributed by atoms with E-state index in [4.69, 9.17) is 4.42 Å². The van der Waals surface area contributed by atoms with Gasteiger partial charge in [0.2, 0.25) is 5.91 Å². The number of hydrogen-bond acceptors (Lipinski definition) is 7. The summed E-state index contributed by atoms with van der Waals surface area (Å²) >= 11 is 3.06. The van der Waals surface area contributed by atoms with E-state index in [0.717, 1.165) is 33.1 Å². The molecule has 0 unspecified atom stereocenters. The Balaban J connectivity index is 1.59. The molecule has 3 heterocycles. The maximum atomic E-state index is 11.8. The zero-order chi connectivity index (χ0) is 24.3. The first-order valence-electron chi connectivity index (χ1n) is 11.2. The van der Waals surface area contributed by atoms with Crippen LogP contribution in [-0.2, 0) is 22.5 Å². The van der Waals surface area contributed by atoms with E-state index in [2.05, 4.69) is 64.8 Å². The first-order valence-corrected chi connectivity index (χ1v) is 13.0. The van der Waals surface area contributed by atoms with Gasteiger partial charge in [-0.1, -0.05) is 56.8 Å². The van der Waals surface area contributed by atoms with E-state index in [1.807, 2.05) is 24.4 Å². The molecule has 1 amide bonds. The largest absolute Gasteiger partial charge is 0.467 e. The molecule has 0 bridgehead atoms. The Labute approximate surface area is 208 Å². The van der Waals surface area contributed by atoms with Crippen molar-refractivity contribution < 1.29 is 9.21 Å². The highest BCUT2D eigenvalue weighted by molar-refractivity contribution is 7.98. The molecular formula is C25H29N5O2S2. The summed E-state index contributed by atoms with van der Waals surface area (Å²) in [5, 5.41) is 12.5. The summed E-state index contributed by atoms with van der Waals surface area (Å²) < 4.78 is 7.69. The third-order valence-corrected chi connectivity index (χ3v) is 7.35. The highest BCUT2D eigenvalue weighted by Gasteiger charge is 2.19. The number of rotatable bonds is 8. The van der Waals surface area contributed by atoms with Gasteiger partial charge in [-0.3, -0.25) is 14.3 Å². The molecule has 178 valence electrons. The van der Waals surface area contributed by atoms with Crippen LogP contribution >= 0.6 is 23.1 Å². The molecule has 34 heavy (non-hydrogen) atoms. The van der Waals surface area contributed by atoms with Crippen LogP contribution in [0.3, 0.4) is 0 Å². The minimum absolute atomic E-state index is 0.00337. The van der Waals surface area contributed by atoms with Gasteiger partial charge in [-0.15, -0.1) is 21.5 Å². The Hall–Kier alpha value is -2.91. The van der Waals surface area contributed by atoms with Crippen molar-refractivity contribution in [1.82, 2.24) is 19.7 Å². The van der Waals surface area contributed by atoms with Crippen molar-refractivity contribution >= 4 is 34.1 Å². The van der Waals surface area contributed by atoms with Gasteiger partial charge in [-0.05, 0) is 30.0 Å². The van der Waals surface area contributed by atoms with Gasteiger partial charge >= 0.3 is 0 Å². The number of hydrogen-bond donors (Lipinski definition) is 0. The van der Waals surface area contributed by atoms with E-state index in [9.17, 15) is 4.79 Å².